The van der Waals surface area contributed by atoms with Crippen molar-refractivity contribution in [3.63, 3.8) is 0 Å². The Bertz CT molecular complexity index is 844. The van der Waals surface area contributed by atoms with Gasteiger partial charge in [0.25, 0.3) is 0 Å². The minimum atomic E-state index is -0.855. The highest BCUT2D eigenvalue weighted by molar-refractivity contribution is 5.70. The Balaban J connectivity index is 2.05. The summed E-state index contributed by atoms with van der Waals surface area (Å²) < 4.78 is 17.7. The number of aliphatic hydroxyl groups is 1. The van der Waals surface area contributed by atoms with Crippen molar-refractivity contribution in [1.82, 2.24) is 0 Å². The number of allylic oxidation sites excluding steroid dienone is 3. The maximum Gasteiger partial charge on any atom is 0.308 e. The Hall–Kier alpha value is -1.92. The molecule has 7 atom stereocenters. The molecule has 0 aromatic carbocycles. The summed E-state index contributed by atoms with van der Waals surface area (Å²) in [6.07, 6.45) is 8.15. The first kappa shape index (κ1) is 26.7. The van der Waals surface area contributed by atoms with Crippen LogP contribution in [0.2, 0.25) is 0 Å². The molecule has 0 bridgehead atoms. The van der Waals surface area contributed by atoms with Gasteiger partial charge in [-0.1, -0.05) is 52.0 Å². The monoisotopic (exact) mass is 474 g/mol. The smallest absolute Gasteiger partial charge is 0.308 e. The van der Waals surface area contributed by atoms with Gasteiger partial charge in [0.2, 0.25) is 6.29 Å². The molecule has 2 aliphatic carbocycles. The Morgan fingerprint density at radius 2 is 1.85 bits per heavy atom. The fraction of sp³-hybridized carbons (Fsp3) is 0.714. The van der Waals surface area contributed by atoms with Gasteiger partial charge in [-0.2, -0.15) is 0 Å². The summed E-state index contributed by atoms with van der Waals surface area (Å²) in [4.78, 5) is 24.8. The van der Waals surface area contributed by atoms with Gasteiger partial charge < -0.3 is 19.3 Å². The van der Waals surface area contributed by atoms with Crippen LogP contribution in [0.4, 0.5) is 0 Å². The van der Waals surface area contributed by atoms with E-state index in [2.05, 4.69) is 26.5 Å². The molecule has 6 heteroatoms. The van der Waals surface area contributed by atoms with Gasteiger partial charge in [-0.3, -0.25) is 9.59 Å². The van der Waals surface area contributed by atoms with E-state index in [0.29, 0.717) is 32.1 Å². The molecule has 1 spiro atoms. The molecule has 1 saturated carbocycles. The zero-order valence-electron chi connectivity index (χ0n) is 21.5. The van der Waals surface area contributed by atoms with Gasteiger partial charge in [0, 0.05) is 18.4 Å². The van der Waals surface area contributed by atoms with Crippen molar-refractivity contribution < 1.29 is 28.9 Å². The molecule has 34 heavy (non-hydrogen) atoms. The Labute approximate surface area is 204 Å². The van der Waals surface area contributed by atoms with Gasteiger partial charge in [-0.15, -0.1) is 0 Å². The molecule has 6 nitrogen and oxygen atoms in total. The lowest BCUT2D eigenvalue weighted by Gasteiger charge is -2.59. The van der Waals surface area contributed by atoms with Gasteiger partial charge >= 0.3 is 11.9 Å². The van der Waals surface area contributed by atoms with Crippen molar-refractivity contribution in [3.05, 3.63) is 36.0 Å². The zero-order valence-corrected chi connectivity index (χ0v) is 21.5. The minimum Gasteiger partial charge on any atom is -0.458 e. The summed E-state index contributed by atoms with van der Waals surface area (Å²) in [5.74, 6) is -0.330. The second-order valence-corrected chi connectivity index (χ2v) is 10.6. The zero-order chi connectivity index (χ0) is 25.1. The SMILES string of the molecule is C=C/C(C)=C\C[C@]1(C)[C@H](C)C[C@H](O)C23CO[C@H](OC(=O)CCC)C2=C[C@H](OC(=O)CCC)C[C@H]31. The third-order valence-electron chi connectivity index (χ3n) is 8.43. The molecule has 0 amide bonds. The van der Waals surface area contributed by atoms with E-state index in [1.807, 2.05) is 32.9 Å². The summed E-state index contributed by atoms with van der Waals surface area (Å²) in [5.41, 5.74) is 1.03. The molecular formula is C28H42O6. The Kier molecular flexibility index (Phi) is 8.46. The van der Waals surface area contributed by atoms with Crippen LogP contribution in [0.1, 0.15) is 79.6 Å². The summed E-state index contributed by atoms with van der Waals surface area (Å²) >= 11 is 0. The van der Waals surface area contributed by atoms with Crippen LogP contribution in [0, 0.1) is 22.7 Å². The van der Waals surface area contributed by atoms with E-state index in [4.69, 9.17) is 14.2 Å². The summed E-state index contributed by atoms with van der Waals surface area (Å²) in [6.45, 7) is 14.5. The summed E-state index contributed by atoms with van der Waals surface area (Å²) in [7, 11) is 0. The molecule has 0 aromatic heterocycles. The molecule has 3 rings (SSSR count). The van der Waals surface area contributed by atoms with Crippen LogP contribution in [0.3, 0.4) is 0 Å². The van der Waals surface area contributed by atoms with Gasteiger partial charge in [0.05, 0.1) is 18.1 Å². The topological polar surface area (TPSA) is 82.1 Å². The number of esters is 2. The molecule has 2 fully saturated rings. The lowest BCUT2D eigenvalue weighted by Crippen LogP contribution is -2.60. The highest BCUT2D eigenvalue weighted by Crippen LogP contribution is 2.64. The van der Waals surface area contributed by atoms with Crippen molar-refractivity contribution in [3.8, 4) is 0 Å². The molecule has 0 radical (unpaired) electrons. The first-order valence-corrected chi connectivity index (χ1v) is 12.8. The maximum absolute atomic E-state index is 12.4. The third kappa shape index (κ3) is 4.90. The van der Waals surface area contributed by atoms with Crippen molar-refractivity contribution >= 4 is 11.9 Å². The van der Waals surface area contributed by atoms with Crippen molar-refractivity contribution in [2.24, 2.45) is 22.7 Å². The second kappa shape index (κ2) is 10.8. The number of hydrogen-bond acceptors (Lipinski definition) is 6. The number of carbonyl (C=O) groups is 2. The largest absolute Gasteiger partial charge is 0.458 e. The van der Waals surface area contributed by atoms with E-state index in [0.717, 1.165) is 24.0 Å². The normalized spacial score (nSPS) is 37.3. The predicted molar refractivity (Wildman–Crippen MR) is 131 cm³/mol. The highest BCUT2D eigenvalue weighted by Gasteiger charge is 2.66. The quantitative estimate of drug-likeness (QED) is 0.279. The van der Waals surface area contributed by atoms with Crippen molar-refractivity contribution in [2.45, 2.75) is 98.1 Å². The number of rotatable bonds is 9. The number of hydrogen-bond donors (Lipinski definition) is 1. The summed E-state index contributed by atoms with van der Waals surface area (Å²) in [5, 5.41) is 11.5. The number of aliphatic hydroxyl groups excluding tert-OH is 1. The van der Waals surface area contributed by atoms with Crippen LogP contribution in [0.15, 0.2) is 36.0 Å². The molecule has 190 valence electrons. The molecule has 1 N–H and O–H groups in total. The number of carbonyl (C=O) groups excluding carboxylic acids is 2. The molecular weight excluding hydrogens is 432 g/mol. The van der Waals surface area contributed by atoms with Crippen LogP contribution in [-0.2, 0) is 23.8 Å². The van der Waals surface area contributed by atoms with E-state index in [1.165, 1.54) is 0 Å². The number of ether oxygens (including phenoxy) is 3. The lowest BCUT2D eigenvalue weighted by molar-refractivity contribution is -0.167. The van der Waals surface area contributed by atoms with Gasteiger partial charge in [0.15, 0.2) is 0 Å². The van der Waals surface area contributed by atoms with Crippen molar-refractivity contribution in [1.29, 1.82) is 0 Å². The predicted octanol–water partition coefficient (Wildman–Crippen LogP) is 5.26. The highest BCUT2D eigenvalue weighted by atomic mass is 16.7. The Morgan fingerprint density at radius 3 is 2.47 bits per heavy atom. The molecule has 1 aliphatic heterocycles. The van der Waals surface area contributed by atoms with Crippen LogP contribution in [0.25, 0.3) is 0 Å². The van der Waals surface area contributed by atoms with Gasteiger partial charge in [0.1, 0.15) is 6.10 Å². The molecule has 1 saturated heterocycles. The average molecular weight is 475 g/mol. The van der Waals surface area contributed by atoms with E-state index < -0.39 is 23.9 Å². The van der Waals surface area contributed by atoms with Crippen LogP contribution < -0.4 is 0 Å². The van der Waals surface area contributed by atoms with Crippen LogP contribution in [0.5, 0.6) is 0 Å². The van der Waals surface area contributed by atoms with Crippen LogP contribution >= 0.6 is 0 Å². The summed E-state index contributed by atoms with van der Waals surface area (Å²) in [6, 6.07) is 0. The maximum atomic E-state index is 12.4. The molecule has 1 unspecified atom stereocenters. The fourth-order valence-electron chi connectivity index (χ4n) is 6.19. The van der Waals surface area contributed by atoms with E-state index in [9.17, 15) is 14.7 Å². The third-order valence-corrected chi connectivity index (χ3v) is 8.43. The average Bonchev–Trinajstić information content (AvgIpc) is 3.15. The van der Waals surface area contributed by atoms with E-state index in [-0.39, 0.29) is 35.8 Å². The molecule has 3 aliphatic rings. The minimum absolute atomic E-state index is 0.0121. The second-order valence-electron chi connectivity index (χ2n) is 10.6. The molecule has 1 heterocycles. The first-order chi connectivity index (χ1) is 16.1. The Morgan fingerprint density at radius 1 is 1.21 bits per heavy atom. The van der Waals surface area contributed by atoms with Gasteiger partial charge in [-0.25, -0.2) is 0 Å². The van der Waals surface area contributed by atoms with E-state index >= 15 is 0 Å². The van der Waals surface area contributed by atoms with Gasteiger partial charge in [-0.05, 0) is 62.4 Å². The molecule has 0 aromatic rings. The first-order valence-electron chi connectivity index (χ1n) is 12.8. The van der Waals surface area contributed by atoms with Crippen LogP contribution in [-0.4, -0.2) is 42.1 Å². The van der Waals surface area contributed by atoms with E-state index in [1.54, 1.807) is 0 Å². The fourth-order valence-corrected chi connectivity index (χ4v) is 6.19. The lowest BCUT2D eigenvalue weighted by atomic mass is 9.45. The van der Waals surface area contributed by atoms with Crippen molar-refractivity contribution in [2.75, 3.05) is 6.61 Å². The standard InChI is InChI=1S/C28H42O6/c1-7-10-24(30)33-20-15-21-26(34-25(31)11-8-2)32-17-28(21)22(16-20)27(6,13-12-18(4)9-3)19(5)14-23(28)29/h9,12,15,19-20,22-23,26,29H,3,7-8,10-11,13-14,16-17H2,1-2,4-6H3/b18-12-/t19-,20+,22+,23+,26-,27-,28?/m1/s1.